The SMILES string of the molecule is CCCC(N)COC1CCC(C)(C)CC1. The molecule has 0 aliphatic heterocycles. The fraction of sp³-hybridized carbons (Fsp3) is 1.00. The molecule has 0 heterocycles. The largest absolute Gasteiger partial charge is 0.377 e. The van der Waals surface area contributed by atoms with Crippen LogP contribution in [-0.4, -0.2) is 18.8 Å². The van der Waals surface area contributed by atoms with Crippen LogP contribution in [0.4, 0.5) is 0 Å². The summed E-state index contributed by atoms with van der Waals surface area (Å²) >= 11 is 0. The van der Waals surface area contributed by atoms with Gasteiger partial charge in [0.25, 0.3) is 0 Å². The standard InChI is InChI=1S/C13H27NO/c1-4-5-11(14)10-15-12-6-8-13(2,3)9-7-12/h11-12H,4-10,14H2,1-3H3. The van der Waals surface area contributed by atoms with E-state index >= 15 is 0 Å². The van der Waals surface area contributed by atoms with Crippen LogP contribution in [0, 0.1) is 5.41 Å². The van der Waals surface area contributed by atoms with Crippen molar-refractivity contribution in [2.24, 2.45) is 11.1 Å². The topological polar surface area (TPSA) is 35.2 Å². The van der Waals surface area contributed by atoms with Gasteiger partial charge in [0, 0.05) is 6.04 Å². The minimum atomic E-state index is 0.241. The number of rotatable bonds is 5. The highest BCUT2D eigenvalue weighted by atomic mass is 16.5. The van der Waals surface area contributed by atoms with E-state index in [2.05, 4.69) is 20.8 Å². The number of ether oxygens (including phenoxy) is 1. The van der Waals surface area contributed by atoms with Gasteiger partial charge in [-0.3, -0.25) is 0 Å². The molecule has 0 aromatic carbocycles. The van der Waals surface area contributed by atoms with Crippen molar-refractivity contribution < 1.29 is 4.74 Å². The van der Waals surface area contributed by atoms with Crippen LogP contribution in [0.5, 0.6) is 0 Å². The second-order valence-corrected chi connectivity index (χ2v) is 5.75. The lowest BCUT2D eigenvalue weighted by Crippen LogP contribution is -2.32. The first-order valence-corrected chi connectivity index (χ1v) is 6.40. The van der Waals surface area contributed by atoms with Gasteiger partial charge in [0.2, 0.25) is 0 Å². The Morgan fingerprint density at radius 1 is 1.33 bits per heavy atom. The van der Waals surface area contributed by atoms with Gasteiger partial charge in [-0.1, -0.05) is 27.2 Å². The molecule has 0 radical (unpaired) electrons. The molecule has 1 saturated carbocycles. The lowest BCUT2D eigenvalue weighted by atomic mass is 9.76. The molecule has 0 spiro atoms. The van der Waals surface area contributed by atoms with Gasteiger partial charge in [-0.2, -0.15) is 0 Å². The second kappa shape index (κ2) is 5.86. The molecule has 1 rings (SSSR count). The number of nitrogens with two attached hydrogens (primary N) is 1. The minimum Gasteiger partial charge on any atom is -0.377 e. The van der Waals surface area contributed by atoms with Gasteiger partial charge >= 0.3 is 0 Å². The quantitative estimate of drug-likeness (QED) is 0.761. The molecule has 15 heavy (non-hydrogen) atoms. The summed E-state index contributed by atoms with van der Waals surface area (Å²) in [5, 5.41) is 0. The molecule has 0 aromatic rings. The molecule has 1 fully saturated rings. The summed E-state index contributed by atoms with van der Waals surface area (Å²) in [5.74, 6) is 0. The van der Waals surface area contributed by atoms with E-state index in [4.69, 9.17) is 10.5 Å². The third-order valence-corrected chi connectivity index (χ3v) is 3.49. The highest BCUT2D eigenvalue weighted by Gasteiger charge is 2.27. The average Bonchev–Trinajstić information content (AvgIpc) is 2.17. The summed E-state index contributed by atoms with van der Waals surface area (Å²) in [4.78, 5) is 0. The van der Waals surface area contributed by atoms with Crippen molar-refractivity contribution in [2.45, 2.75) is 71.4 Å². The number of hydrogen-bond acceptors (Lipinski definition) is 2. The van der Waals surface area contributed by atoms with Crippen LogP contribution >= 0.6 is 0 Å². The molecular formula is C13H27NO. The molecule has 0 bridgehead atoms. The van der Waals surface area contributed by atoms with Gasteiger partial charge < -0.3 is 10.5 Å². The Labute approximate surface area is 94.6 Å². The predicted molar refractivity (Wildman–Crippen MR) is 64.9 cm³/mol. The Bertz CT molecular complexity index is 169. The van der Waals surface area contributed by atoms with Gasteiger partial charge in [-0.15, -0.1) is 0 Å². The van der Waals surface area contributed by atoms with Crippen molar-refractivity contribution in [3.05, 3.63) is 0 Å². The first kappa shape index (κ1) is 13.0. The maximum atomic E-state index is 5.93. The van der Waals surface area contributed by atoms with E-state index in [0.717, 1.165) is 19.4 Å². The zero-order valence-corrected chi connectivity index (χ0v) is 10.6. The molecule has 1 atom stereocenters. The van der Waals surface area contributed by atoms with E-state index in [1.54, 1.807) is 0 Å². The highest BCUT2D eigenvalue weighted by molar-refractivity contribution is 4.79. The fourth-order valence-corrected chi connectivity index (χ4v) is 2.25. The smallest absolute Gasteiger partial charge is 0.0621 e. The number of hydrogen-bond donors (Lipinski definition) is 1. The van der Waals surface area contributed by atoms with Crippen molar-refractivity contribution in [1.29, 1.82) is 0 Å². The summed E-state index contributed by atoms with van der Waals surface area (Å²) in [6.07, 6.45) is 7.72. The van der Waals surface area contributed by atoms with Crippen LogP contribution in [0.1, 0.15) is 59.3 Å². The maximum Gasteiger partial charge on any atom is 0.0621 e. The molecule has 2 N–H and O–H groups in total. The minimum absolute atomic E-state index is 0.241. The molecule has 1 unspecified atom stereocenters. The van der Waals surface area contributed by atoms with E-state index in [0.29, 0.717) is 11.5 Å². The summed E-state index contributed by atoms with van der Waals surface area (Å²) < 4.78 is 5.87. The summed E-state index contributed by atoms with van der Waals surface area (Å²) in [7, 11) is 0. The van der Waals surface area contributed by atoms with Crippen molar-refractivity contribution in [3.8, 4) is 0 Å². The van der Waals surface area contributed by atoms with E-state index < -0.39 is 0 Å². The van der Waals surface area contributed by atoms with E-state index in [-0.39, 0.29) is 6.04 Å². The molecule has 2 heteroatoms. The molecule has 0 saturated heterocycles. The van der Waals surface area contributed by atoms with Crippen molar-refractivity contribution >= 4 is 0 Å². The molecule has 0 aromatic heterocycles. The Hall–Kier alpha value is -0.0800. The first-order chi connectivity index (χ1) is 7.03. The average molecular weight is 213 g/mol. The Morgan fingerprint density at radius 2 is 1.93 bits per heavy atom. The molecule has 1 aliphatic carbocycles. The van der Waals surface area contributed by atoms with E-state index in [9.17, 15) is 0 Å². The fourth-order valence-electron chi connectivity index (χ4n) is 2.25. The summed E-state index contributed by atoms with van der Waals surface area (Å²) in [5.41, 5.74) is 6.46. The molecule has 2 nitrogen and oxygen atoms in total. The van der Waals surface area contributed by atoms with Gasteiger partial charge in [-0.05, 0) is 37.5 Å². The van der Waals surface area contributed by atoms with Crippen LogP contribution in [0.2, 0.25) is 0 Å². The Kier molecular flexibility index (Phi) is 5.07. The normalized spacial score (nSPS) is 24.0. The van der Waals surface area contributed by atoms with E-state index in [1.807, 2.05) is 0 Å². The third kappa shape index (κ3) is 4.98. The lowest BCUT2D eigenvalue weighted by molar-refractivity contribution is -0.00237. The predicted octanol–water partition coefficient (Wildman–Crippen LogP) is 3.10. The monoisotopic (exact) mass is 213 g/mol. The molecular weight excluding hydrogens is 186 g/mol. The Balaban J connectivity index is 2.13. The highest BCUT2D eigenvalue weighted by Crippen LogP contribution is 2.36. The van der Waals surface area contributed by atoms with Gasteiger partial charge in [0.05, 0.1) is 12.7 Å². The zero-order chi connectivity index (χ0) is 11.3. The maximum absolute atomic E-state index is 5.93. The van der Waals surface area contributed by atoms with Gasteiger partial charge in [0.15, 0.2) is 0 Å². The van der Waals surface area contributed by atoms with Crippen molar-refractivity contribution in [1.82, 2.24) is 0 Å². The molecule has 1 aliphatic rings. The van der Waals surface area contributed by atoms with Crippen LogP contribution in [0.3, 0.4) is 0 Å². The van der Waals surface area contributed by atoms with Crippen LogP contribution in [-0.2, 0) is 4.74 Å². The summed E-state index contributed by atoms with van der Waals surface area (Å²) in [6, 6.07) is 0.241. The first-order valence-electron chi connectivity index (χ1n) is 6.40. The second-order valence-electron chi connectivity index (χ2n) is 5.75. The molecule has 0 amide bonds. The lowest BCUT2D eigenvalue weighted by Gasteiger charge is -2.34. The van der Waals surface area contributed by atoms with Gasteiger partial charge in [-0.25, -0.2) is 0 Å². The zero-order valence-electron chi connectivity index (χ0n) is 10.6. The summed E-state index contributed by atoms with van der Waals surface area (Å²) in [6.45, 7) is 7.63. The van der Waals surface area contributed by atoms with Crippen LogP contribution < -0.4 is 5.73 Å². The molecule has 90 valence electrons. The van der Waals surface area contributed by atoms with Gasteiger partial charge in [0.1, 0.15) is 0 Å². The van der Waals surface area contributed by atoms with Crippen LogP contribution in [0.25, 0.3) is 0 Å². The van der Waals surface area contributed by atoms with Crippen molar-refractivity contribution in [3.63, 3.8) is 0 Å². The Morgan fingerprint density at radius 3 is 2.47 bits per heavy atom. The third-order valence-electron chi connectivity index (χ3n) is 3.49. The van der Waals surface area contributed by atoms with Crippen LogP contribution in [0.15, 0.2) is 0 Å². The van der Waals surface area contributed by atoms with E-state index in [1.165, 1.54) is 25.7 Å². The van der Waals surface area contributed by atoms with Crippen molar-refractivity contribution in [2.75, 3.05) is 6.61 Å².